The summed E-state index contributed by atoms with van der Waals surface area (Å²) in [5.41, 5.74) is 2.49. The van der Waals surface area contributed by atoms with E-state index in [2.05, 4.69) is 20.2 Å². The molecule has 0 unspecified atom stereocenters. The molecule has 0 saturated heterocycles. The fraction of sp³-hybridized carbons (Fsp3) is 0.125. The van der Waals surface area contributed by atoms with Crippen LogP contribution in [-0.2, 0) is 12.0 Å². The van der Waals surface area contributed by atoms with E-state index in [0.717, 1.165) is 11.1 Å². The van der Waals surface area contributed by atoms with Gasteiger partial charge in [-0.3, -0.25) is 15.1 Å². The van der Waals surface area contributed by atoms with Crippen LogP contribution in [0.3, 0.4) is 0 Å². The lowest BCUT2D eigenvalue weighted by Crippen LogP contribution is -2.20. The lowest BCUT2D eigenvalue weighted by atomic mass is 10.0. The Balaban J connectivity index is 2.18. The third-order valence-corrected chi connectivity index (χ3v) is 3.74. The quantitative estimate of drug-likeness (QED) is 0.782. The Morgan fingerprint density at radius 3 is 2.79 bits per heavy atom. The van der Waals surface area contributed by atoms with Crippen molar-refractivity contribution in [3.8, 4) is 11.1 Å². The molecule has 0 spiro atoms. The van der Waals surface area contributed by atoms with Crippen molar-refractivity contribution in [2.45, 2.75) is 6.92 Å². The van der Waals surface area contributed by atoms with Gasteiger partial charge in [0.15, 0.2) is 0 Å². The molecule has 24 heavy (non-hydrogen) atoms. The van der Waals surface area contributed by atoms with Crippen molar-refractivity contribution in [1.29, 1.82) is 0 Å². The van der Waals surface area contributed by atoms with Crippen LogP contribution >= 0.6 is 0 Å². The van der Waals surface area contributed by atoms with Gasteiger partial charge >= 0.3 is 6.09 Å². The van der Waals surface area contributed by atoms with Crippen molar-refractivity contribution < 1.29 is 14.3 Å². The molecule has 0 fully saturated rings. The highest BCUT2D eigenvalue weighted by Crippen LogP contribution is 2.23. The number of hydrogen-bond donors (Lipinski definition) is 1. The largest absolute Gasteiger partial charge is 0.450 e. The highest BCUT2D eigenvalue weighted by Gasteiger charge is 2.13. The van der Waals surface area contributed by atoms with Crippen molar-refractivity contribution >= 4 is 22.8 Å². The Bertz CT molecular complexity index is 1000. The van der Waals surface area contributed by atoms with Crippen LogP contribution < -0.4 is 10.9 Å². The van der Waals surface area contributed by atoms with E-state index in [9.17, 15) is 14.1 Å². The number of carbonyl (C=O) groups excluding carboxylic acids is 1. The summed E-state index contributed by atoms with van der Waals surface area (Å²) >= 11 is 0. The summed E-state index contributed by atoms with van der Waals surface area (Å²) in [6.45, 7) is 1.90. The molecule has 3 aromatic heterocycles. The van der Waals surface area contributed by atoms with Crippen LogP contribution in [0.5, 0.6) is 0 Å². The molecule has 8 heteroatoms. The summed E-state index contributed by atoms with van der Waals surface area (Å²) in [6, 6.07) is 5.01. The van der Waals surface area contributed by atoms with Crippen LogP contribution in [0.15, 0.2) is 41.6 Å². The molecular weight excluding hydrogens is 315 g/mol. The standard InChI is InChI=1S/C16H13FN4O3/c1-9-3-4-18-8-12(9)11-5-10-7-19-14(20-16(23)24-17)6-13(10)21(2)15(11)22/h3-8H,1-2H3,(H,19,20,23). The second-order valence-corrected chi connectivity index (χ2v) is 5.23. The smallest absolute Gasteiger partial charge is 0.311 e. The van der Waals surface area contributed by atoms with Gasteiger partial charge in [0.05, 0.1) is 5.52 Å². The SMILES string of the molecule is Cc1ccncc1-c1cc2cnc(NC(=O)OF)cc2n(C)c1=O. The second kappa shape index (κ2) is 6.07. The number of anilines is 1. The average Bonchev–Trinajstić information content (AvgIpc) is 2.59. The van der Waals surface area contributed by atoms with Gasteiger partial charge in [-0.2, -0.15) is 0 Å². The van der Waals surface area contributed by atoms with Crippen molar-refractivity contribution in [1.82, 2.24) is 14.5 Å². The van der Waals surface area contributed by atoms with Gasteiger partial charge in [-0.25, -0.2) is 14.7 Å². The first-order chi connectivity index (χ1) is 11.5. The van der Waals surface area contributed by atoms with Gasteiger partial charge in [-0.15, -0.1) is 0 Å². The summed E-state index contributed by atoms with van der Waals surface area (Å²) < 4.78 is 13.2. The third kappa shape index (κ3) is 2.69. The molecule has 0 atom stereocenters. The maximum atomic E-state index is 12.7. The monoisotopic (exact) mass is 328 g/mol. The Morgan fingerprint density at radius 2 is 2.08 bits per heavy atom. The van der Waals surface area contributed by atoms with E-state index in [4.69, 9.17) is 0 Å². The fourth-order valence-corrected chi connectivity index (χ4v) is 2.50. The minimum atomic E-state index is -1.28. The molecule has 3 aromatic rings. The van der Waals surface area contributed by atoms with E-state index >= 15 is 0 Å². The van der Waals surface area contributed by atoms with E-state index in [1.165, 1.54) is 16.8 Å². The summed E-state index contributed by atoms with van der Waals surface area (Å²) in [5, 5.41) is 2.80. The molecule has 0 aromatic carbocycles. The molecule has 0 saturated carbocycles. The van der Waals surface area contributed by atoms with Gasteiger partial charge in [-0.05, 0) is 24.6 Å². The minimum Gasteiger partial charge on any atom is -0.311 e. The number of nitrogens with one attached hydrogen (secondary N) is 1. The number of carbonyl (C=O) groups is 1. The molecule has 0 aliphatic carbocycles. The molecule has 3 rings (SSSR count). The molecule has 0 aliphatic heterocycles. The van der Waals surface area contributed by atoms with Crippen molar-refractivity contribution in [2.75, 3.05) is 5.32 Å². The first-order valence-electron chi connectivity index (χ1n) is 7.01. The number of amides is 1. The fourth-order valence-electron chi connectivity index (χ4n) is 2.50. The Kier molecular flexibility index (Phi) is 3.95. The van der Waals surface area contributed by atoms with Crippen molar-refractivity contribution in [3.63, 3.8) is 0 Å². The first-order valence-corrected chi connectivity index (χ1v) is 7.01. The van der Waals surface area contributed by atoms with Crippen molar-refractivity contribution in [2.24, 2.45) is 7.05 Å². The number of halogens is 1. The number of rotatable bonds is 2. The normalized spacial score (nSPS) is 10.6. The van der Waals surface area contributed by atoms with Crippen LogP contribution in [0.2, 0.25) is 0 Å². The van der Waals surface area contributed by atoms with Crippen LogP contribution in [0.1, 0.15) is 5.56 Å². The Morgan fingerprint density at radius 1 is 1.29 bits per heavy atom. The highest BCUT2D eigenvalue weighted by molar-refractivity contribution is 5.89. The average molecular weight is 328 g/mol. The molecule has 3 heterocycles. The van der Waals surface area contributed by atoms with E-state index < -0.39 is 6.09 Å². The van der Waals surface area contributed by atoms with Crippen LogP contribution in [-0.4, -0.2) is 20.6 Å². The minimum absolute atomic E-state index is 0.0745. The van der Waals surface area contributed by atoms with E-state index in [-0.39, 0.29) is 11.4 Å². The summed E-state index contributed by atoms with van der Waals surface area (Å²) in [4.78, 5) is 34.7. The number of fused-ring (bicyclic) bond motifs is 1. The maximum Gasteiger partial charge on any atom is 0.450 e. The predicted molar refractivity (Wildman–Crippen MR) is 86.2 cm³/mol. The summed E-state index contributed by atoms with van der Waals surface area (Å²) in [7, 11) is 1.61. The zero-order chi connectivity index (χ0) is 17.3. The predicted octanol–water partition coefficient (Wildman–Crippen LogP) is 2.74. The third-order valence-electron chi connectivity index (χ3n) is 3.74. The number of nitrogens with zero attached hydrogens (tertiary/aromatic N) is 3. The first kappa shape index (κ1) is 15.6. The van der Waals surface area contributed by atoms with Gasteiger partial charge in [0.25, 0.3) is 5.56 Å². The van der Waals surface area contributed by atoms with Gasteiger partial charge in [0.1, 0.15) is 5.82 Å². The van der Waals surface area contributed by atoms with E-state index in [1.54, 1.807) is 25.5 Å². The topological polar surface area (TPSA) is 86.1 Å². The summed E-state index contributed by atoms with van der Waals surface area (Å²) in [5.74, 6) is 0.0745. The highest BCUT2D eigenvalue weighted by atomic mass is 19.3. The molecule has 0 bridgehead atoms. The number of aryl methyl sites for hydroxylation is 2. The molecule has 0 aliphatic rings. The van der Waals surface area contributed by atoms with Crippen LogP contribution in [0.25, 0.3) is 22.0 Å². The lowest BCUT2D eigenvalue weighted by molar-refractivity contribution is -0.0544. The maximum absolute atomic E-state index is 12.7. The number of hydrogen-bond acceptors (Lipinski definition) is 5. The molecule has 0 radical (unpaired) electrons. The van der Waals surface area contributed by atoms with Crippen molar-refractivity contribution in [3.05, 3.63) is 52.7 Å². The molecular formula is C16H13FN4O3. The Labute approximate surface area is 135 Å². The van der Waals surface area contributed by atoms with Gasteiger partial charge in [-0.1, -0.05) is 0 Å². The lowest BCUT2D eigenvalue weighted by Gasteiger charge is -2.11. The summed E-state index contributed by atoms with van der Waals surface area (Å²) in [6.07, 6.45) is 3.50. The van der Waals surface area contributed by atoms with E-state index in [1.807, 2.05) is 13.0 Å². The number of pyridine rings is 3. The van der Waals surface area contributed by atoms with E-state index in [0.29, 0.717) is 16.5 Å². The van der Waals surface area contributed by atoms with Gasteiger partial charge in [0.2, 0.25) is 0 Å². The number of aromatic nitrogens is 3. The van der Waals surface area contributed by atoms with Crippen LogP contribution in [0.4, 0.5) is 15.1 Å². The Hall–Kier alpha value is -3.29. The van der Waals surface area contributed by atoms with Crippen LogP contribution in [0, 0.1) is 6.92 Å². The molecule has 1 amide bonds. The molecule has 122 valence electrons. The van der Waals surface area contributed by atoms with Gasteiger partial charge < -0.3 is 4.57 Å². The zero-order valence-corrected chi connectivity index (χ0v) is 12.9. The van der Waals surface area contributed by atoms with Gasteiger partial charge in [0, 0.05) is 52.7 Å². The second-order valence-electron chi connectivity index (χ2n) is 5.23. The zero-order valence-electron chi connectivity index (χ0n) is 12.9. The molecule has 7 nitrogen and oxygen atoms in total. The molecule has 1 N–H and O–H groups in total.